The van der Waals surface area contributed by atoms with Crippen LogP contribution >= 0.6 is 0 Å². The molecule has 1 fully saturated rings. The average molecular weight is 186 g/mol. The van der Waals surface area contributed by atoms with Crippen LogP contribution < -0.4 is 0 Å². The number of hydrogen-bond donors (Lipinski definition) is 0. The number of carbonyl (C=O) groups is 2. The van der Waals surface area contributed by atoms with Crippen LogP contribution in [0, 0.1) is 5.92 Å². The second-order valence-corrected chi connectivity index (χ2v) is 3.58. The Hall–Kier alpha value is -1.06. The van der Waals surface area contributed by atoms with Crippen molar-refractivity contribution < 1.29 is 19.1 Å². The molecule has 0 amide bonds. The number of rotatable bonds is 1. The molecule has 0 bridgehead atoms. The molecule has 1 rings (SSSR count). The van der Waals surface area contributed by atoms with Gasteiger partial charge in [0.25, 0.3) is 0 Å². The maximum atomic E-state index is 11.2. The lowest BCUT2D eigenvalue weighted by atomic mass is 9.91. The fourth-order valence-electron chi connectivity index (χ4n) is 1.34. The van der Waals surface area contributed by atoms with E-state index in [1.807, 2.05) is 0 Å². The van der Waals surface area contributed by atoms with Crippen molar-refractivity contribution in [3.63, 3.8) is 0 Å². The first-order chi connectivity index (χ1) is 5.99. The lowest BCUT2D eigenvalue weighted by Gasteiger charge is -2.32. The van der Waals surface area contributed by atoms with Gasteiger partial charge in [0.2, 0.25) is 5.60 Å². The molecule has 0 aromatic rings. The van der Waals surface area contributed by atoms with Gasteiger partial charge in [0.1, 0.15) is 0 Å². The zero-order valence-corrected chi connectivity index (χ0v) is 8.12. The zero-order valence-electron chi connectivity index (χ0n) is 8.12. The molecule has 1 aliphatic heterocycles. The maximum absolute atomic E-state index is 11.2. The third kappa shape index (κ3) is 1.82. The van der Waals surface area contributed by atoms with Gasteiger partial charge in [-0.05, 0) is 19.8 Å². The van der Waals surface area contributed by atoms with E-state index in [0.717, 1.165) is 0 Å². The predicted octanol–water partition coefficient (Wildman–Crippen LogP) is 0.891. The van der Waals surface area contributed by atoms with Crippen LogP contribution in [0.3, 0.4) is 0 Å². The van der Waals surface area contributed by atoms with Crippen molar-refractivity contribution in [2.45, 2.75) is 32.3 Å². The summed E-state index contributed by atoms with van der Waals surface area (Å²) in [5.74, 6) is -0.912. The number of ether oxygens (including phenoxy) is 2. The molecule has 0 saturated carbocycles. The summed E-state index contributed by atoms with van der Waals surface area (Å²) in [4.78, 5) is 22.4. The van der Waals surface area contributed by atoms with Gasteiger partial charge in [0, 0.05) is 0 Å². The van der Waals surface area contributed by atoms with E-state index in [1.165, 1.54) is 7.11 Å². The molecule has 0 aromatic heterocycles. The van der Waals surface area contributed by atoms with Gasteiger partial charge >= 0.3 is 11.9 Å². The SMILES string of the molecule is COC(=O)C1(C)CCC(C)C(=O)O1. The fraction of sp³-hybridized carbons (Fsp3) is 0.778. The molecule has 0 aliphatic carbocycles. The summed E-state index contributed by atoms with van der Waals surface area (Å²) in [5.41, 5.74) is -1.07. The first-order valence-electron chi connectivity index (χ1n) is 4.31. The van der Waals surface area contributed by atoms with E-state index >= 15 is 0 Å². The minimum absolute atomic E-state index is 0.113. The molecule has 13 heavy (non-hydrogen) atoms. The smallest absolute Gasteiger partial charge is 0.350 e. The normalized spacial score (nSPS) is 33.8. The second-order valence-electron chi connectivity index (χ2n) is 3.58. The molecule has 0 spiro atoms. The molecule has 4 heteroatoms. The Bertz CT molecular complexity index is 236. The third-order valence-electron chi connectivity index (χ3n) is 2.40. The molecule has 0 N–H and O–H groups in total. The van der Waals surface area contributed by atoms with Crippen LogP contribution in [0.5, 0.6) is 0 Å². The molecular formula is C9H14O4. The van der Waals surface area contributed by atoms with E-state index in [4.69, 9.17) is 4.74 Å². The number of carbonyl (C=O) groups excluding carboxylic acids is 2. The zero-order chi connectivity index (χ0) is 10.1. The van der Waals surface area contributed by atoms with Gasteiger partial charge in [0.05, 0.1) is 13.0 Å². The lowest BCUT2D eigenvalue weighted by molar-refractivity contribution is -0.188. The molecule has 74 valence electrons. The Morgan fingerprint density at radius 2 is 2.31 bits per heavy atom. The van der Waals surface area contributed by atoms with Gasteiger partial charge in [-0.15, -0.1) is 0 Å². The monoisotopic (exact) mass is 186 g/mol. The van der Waals surface area contributed by atoms with Crippen LogP contribution in [0.4, 0.5) is 0 Å². The molecule has 1 heterocycles. The fourth-order valence-corrected chi connectivity index (χ4v) is 1.34. The number of hydrogen-bond acceptors (Lipinski definition) is 4. The van der Waals surface area contributed by atoms with E-state index in [2.05, 4.69) is 4.74 Å². The Morgan fingerprint density at radius 3 is 2.77 bits per heavy atom. The third-order valence-corrected chi connectivity index (χ3v) is 2.40. The van der Waals surface area contributed by atoms with Gasteiger partial charge in [-0.2, -0.15) is 0 Å². The largest absolute Gasteiger partial charge is 0.466 e. The Morgan fingerprint density at radius 1 is 1.69 bits per heavy atom. The highest BCUT2D eigenvalue weighted by Crippen LogP contribution is 2.29. The Kier molecular flexibility index (Phi) is 2.59. The van der Waals surface area contributed by atoms with Crippen LogP contribution in [0.1, 0.15) is 26.7 Å². The van der Waals surface area contributed by atoms with E-state index in [9.17, 15) is 9.59 Å². The van der Waals surface area contributed by atoms with E-state index < -0.39 is 11.6 Å². The molecule has 2 atom stereocenters. The van der Waals surface area contributed by atoms with Gasteiger partial charge in [-0.25, -0.2) is 4.79 Å². The molecule has 1 saturated heterocycles. The van der Waals surface area contributed by atoms with Crippen molar-refractivity contribution in [3.05, 3.63) is 0 Å². The summed E-state index contributed by atoms with van der Waals surface area (Å²) >= 11 is 0. The Labute approximate surface area is 77.2 Å². The molecule has 0 radical (unpaired) electrons. The van der Waals surface area contributed by atoms with E-state index in [-0.39, 0.29) is 11.9 Å². The van der Waals surface area contributed by atoms with Crippen molar-refractivity contribution in [1.29, 1.82) is 0 Å². The van der Waals surface area contributed by atoms with Crippen LogP contribution in [0.25, 0.3) is 0 Å². The first-order valence-corrected chi connectivity index (χ1v) is 4.31. The van der Waals surface area contributed by atoms with Gasteiger partial charge < -0.3 is 9.47 Å². The minimum Gasteiger partial charge on any atom is -0.466 e. The quantitative estimate of drug-likeness (QED) is 0.571. The van der Waals surface area contributed by atoms with Gasteiger partial charge in [0.15, 0.2) is 0 Å². The number of cyclic esters (lactones) is 1. The highest BCUT2D eigenvalue weighted by molar-refractivity contribution is 5.84. The highest BCUT2D eigenvalue weighted by atomic mass is 16.6. The van der Waals surface area contributed by atoms with Crippen molar-refractivity contribution in [2.75, 3.05) is 7.11 Å². The molecule has 1 aliphatic rings. The topological polar surface area (TPSA) is 52.6 Å². The van der Waals surface area contributed by atoms with Gasteiger partial charge in [-0.1, -0.05) is 6.92 Å². The standard InChI is InChI=1S/C9H14O4/c1-6-4-5-9(2,8(11)12-3)13-7(6)10/h6H,4-5H2,1-3H3. The van der Waals surface area contributed by atoms with Crippen LogP contribution in [0.2, 0.25) is 0 Å². The maximum Gasteiger partial charge on any atom is 0.350 e. The second kappa shape index (κ2) is 3.36. The Balaban J connectivity index is 2.72. The summed E-state index contributed by atoms with van der Waals surface area (Å²) in [7, 11) is 1.29. The lowest BCUT2D eigenvalue weighted by Crippen LogP contribution is -2.46. The summed E-state index contributed by atoms with van der Waals surface area (Å²) in [6.45, 7) is 3.38. The van der Waals surface area contributed by atoms with Gasteiger partial charge in [-0.3, -0.25) is 4.79 Å². The molecule has 2 unspecified atom stereocenters. The van der Waals surface area contributed by atoms with Crippen LogP contribution in [-0.4, -0.2) is 24.6 Å². The van der Waals surface area contributed by atoms with Crippen LogP contribution in [-0.2, 0) is 19.1 Å². The molecule has 4 nitrogen and oxygen atoms in total. The van der Waals surface area contributed by atoms with Crippen molar-refractivity contribution in [1.82, 2.24) is 0 Å². The predicted molar refractivity (Wildman–Crippen MR) is 44.9 cm³/mol. The summed E-state index contributed by atoms with van der Waals surface area (Å²) in [6, 6.07) is 0. The van der Waals surface area contributed by atoms with E-state index in [0.29, 0.717) is 12.8 Å². The van der Waals surface area contributed by atoms with Crippen molar-refractivity contribution in [2.24, 2.45) is 5.92 Å². The molecule has 0 aromatic carbocycles. The number of esters is 2. The number of methoxy groups -OCH3 is 1. The highest BCUT2D eigenvalue weighted by Gasteiger charge is 2.43. The summed E-state index contributed by atoms with van der Waals surface area (Å²) in [5, 5.41) is 0. The average Bonchev–Trinajstić information content (AvgIpc) is 2.11. The first kappa shape index (κ1) is 10.0. The van der Waals surface area contributed by atoms with Crippen LogP contribution in [0.15, 0.2) is 0 Å². The van der Waals surface area contributed by atoms with Crippen molar-refractivity contribution >= 4 is 11.9 Å². The van der Waals surface area contributed by atoms with E-state index in [1.54, 1.807) is 13.8 Å². The van der Waals surface area contributed by atoms with Crippen molar-refractivity contribution in [3.8, 4) is 0 Å². The minimum atomic E-state index is -1.07. The summed E-state index contributed by atoms with van der Waals surface area (Å²) < 4.78 is 9.59. The molecular weight excluding hydrogens is 172 g/mol. The summed E-state index contributed by atoms with van der Waals surface area (Å²) in [6.07, 6.45) is 1.21.